The normalized spacial score (nSPS) is 10.2. The Kier molecular flexibility index (Phi) is 5.11. The molecule has 2 aromatic rings. The minimum absolute atomic E-state index is 0.126. The zero-order chi connectivity index (χ0) is 15.2. The highest BCUT2D eigenvalue weighted by Crippen LogP contribution is 2.16. The maximum absolute atomic E-state index is 12.9. The number of amides is 1. The van der Waals surface area contributed by atoms with Gasteiger partial charge in [-0.05, 0) is 24.3 Å². The fourth-order valence-corrected chi connectivity index (χ4v) is 1.86. The van der Waals surface area contributed by atoms with Gasteiger partial charge >= 0.3 is 0 Å². The monoisotopic (exact) mass is 311 g/mol. The van der Waals surface area contributed by atoms with Gasteiger partial charge in [0, 0.05) is 6.07 Å². The Balaban J connectivity index is 1.81. The van der Waals surface area contributed by atoms with Gasteiger partial charge in [-0.25, -0.2) is 8.78 Å². The van der Waals surface area contributed by atoms with Crippen LogP contribution in [0.2, 0.25) is 5.02 Å². The van der Waals surface area contributed by atoms with Crippen molar-refractivity contribution < 1.29 is 18.3 Å². The molecule has 21 heavy (non-hydrogen) atoms. The second-order valence-corrected chi connectivity index (χ2v) is 4.57. The molecule has 110 valence electrons. The van der Waals surface area contributed by atoms with E-state index in [0.29, 0.717) is 10.6 Å². The lowest BCUT2D eigenvalue weighted by Gasteiger charge is -2.08. The van der Waals surface area contributed by atoms with Gasteiger partial charge in [0.2, 0.25) is 0 Å². The maximum atomic E-state index is 12.9. The lowest BCUT2D eigenvalue weighted by Crippen LogP contribution is -2.28. The summed E-state index contributed by atoms with van der Waals surface area (Å²) in [4.78, 5) is 11.8. The first kappa shape index (κ1) is 15.3. The van der Waals surface area contributed by atoms with E-state index in [-0.39, 0.29) is 24.8 Å². The van der Waals surface area contributed by atoms with Crippen molar-refractivity contribution in [3.05, 3.63) is 64.7 Å². The molecule has 0 radical (unpaired) electrons. The number of hydrogen-bond acceptors (Lipinski definition) is 2. The van der Waals surface area contributed by atoms with Gasteiger partial charge in [0.25, 0.3) is 5.91 Å². The van der Waals surface area contributed by atoms with Crippen LogP contribution in [0.15, 0.2) is 42.5 Å². The van der Waals surface area contributed by atoms with Crippen LogP contribution in [0.25, 0.3) is 0 Å². The Morgan fingerprint density at radius 2 is 1.90 bits per heavy atom. The Morgan fingerprint density at radius 1 is 1.14 bits per heavy atom. The average Bonchev–Trinajstić information content (AvgIpc) is 2.47. The third kappa shape index (κ3) is 4.16. The summed E-state index contributed by atoms with van der Waals surface area (Å²) < 4.78 is 30.9. The number of halogens is 3. The molecule has 0 saturated heterocycles. The summed E-state index contributed by atoms with van der Waals surface area (Å²) in [6.07, 6.45) is 0. The highest BCUT2D eigenvalue weighted by molar-refractivity contribution is 6.33. The van der Waals surface area contributed by atoms with E-state index < -0.39 is 11.6 Å². The van der Waals surface area contributed by atoms with Gasteiger partial charge in [0.1, 0.15) is 12.4 Å². The van der Waals surface area contributed by atoms with E-state index in [9.17, 15) is 13.6 Å². The van der Waals surface area contributed by atoms with Gasteiger partial charge in [0.15, 0.2) is 11.6 Å². The smallest absolute Gasteiger partial charge is 0.252 e. The van der Waals surface area contributed by atoms with Crippen molar-refractivity contribution in [1.82, 2.24) is 5.32 Å². The molecular formula is C15H12ClF2NO2. The van der Waals surface area contributed by atoms with Crippen LogP contribution in [0.4, 0.5) is 8.78 Å². The molecule has 0 aliphatic rings. The van der Waals surface area contributed by atoms with Gasteiger partial charge in [-0.15, -0.1) is 0 Å². The molecule has 0 aliphatic heterocycles. The highest BCUT2D eigenvalue weighted by atomic mass is 35.5. The standard InChI is InChI=1S/C15H12ClF2NO2/c16-12-4-2-1-3-11(12)15(20)19-7-8-21-10-5-6-13(17)14(18)9-10/h1-6,9H,7-8H2,(H,19,20). The van der Waals surface area contributed by atoms with Crippen LogP contribution in [0.5, 0.6) is 5.75 Å². The van der Waals surface area contributed by atoms with Crippen LogP contribution in [0.3, 0.4) is 0 Å². The number of hydrogen-bond donors (Lipinski definition) is 1. The molecule has 0 aliphatic carbocycles. The minimum atomic E-state index is -0.979. The lowest BCUT2D eigenvalue weighted by molar-refractivity contribution is 0.0947. The molecule has 3 nitrogen and oxygen atoms in total. The summed E-state index contributed by atoms with van der Waals surface area (Å²) in [5, 5.41) is 2.98. The fourth-order valence-electron chi connectivity index (χ4n) is 1.64. The average molecular weight is 312 g/mol. The first-order valence-electron chi connectivity index (χ1n) is 6.18. The molecule has 0 aromatic heterocycles. The molecular weight excluding hydrogens is 300 g/mol. The molecule has 2 rings (SSSR count). The third-order valence-corrected chi connectivity index (χ3v) is 3.00. The molecule has 0 bridgehead atoms. The predicted molar refractivity (Wildman–Crippen MR) is 75.6 cm³/mol. The van der Waals surface area contributed by atoms with Crippen LogP contribution in [0.1, 0.15) is 10.4 Å². The first-order valence-corrected chi connectivity index (χ1v) is 6.56. The molecule has 0 spiro atoms. The molecule has 1 N–H and O–H groups in total. The van der Waals surface area contributed by atoms with Crippen LogP contribution in [0, 0.1) is 11.6 Å². The Bertz CT molecular complexity index is 649. The van der Waals surface area contributed by atoms with Crippen molar-refractivity contribution in [3.63, 3.8) is 0 Å². The molecule has 0 atom stereocenters. The van der Waals surface area contributed by atoms with Gasteiger partial charge in [-0.1, -0.05) is 23.7 Å². The Morgan fingerprint density at radius 3 is 2.62 bits per heavy atom. The molecule has 0 fully saturated rings. The van der Waals surface area contributed by atoms with Gasteiger partial charge in [0.05, 0.1) is 17.1 Å². The lowest BCUT2D eigenvalue weighted by atomic mass is 10.2. The second kappa shape index (κ2) is 7.04. The quantitative estimate of drug-likeness (QED) is 0.859. The second-order valence-electron chi connectivity index (χ2n) is 4.16. The zero-order valence-electron chi connectivity index (χ0n) is 10.9. The van der Waals surface area contributed by atoms with E-state index in [0.717, 1.165) is 12.1 Å². The topological polar surface area (TPSA) is 38.3 Å². The van der Waals surface area contributed by atoms with Crippen LogP contribution in [-0.2, 0) is 0 Å². The number of carbonyl (C=O) groups is 1. The molecule has 1 amide bonds. The van der Waals surface area contributed by atoms with E-state index in [1.165, 1.54) is 6.07 Å². The summed E-state index contributed by atoms with van der Waals surface area (Å²) in [6.45, 7) is 0.338. The zero-order valence-corrected chi connectivity index (χ0v) is 11.7. The highest BCUT2D eigenvalue weighted by Gasteiger charge is 2.08. The van der Waals surface area contributed by atoms with Crippen molar-refractivity contribution in [2.75, 3.05) is 13.2 Å². The Hall–Kier alpha value is -2.14. The third-order valence-electron chi connectivity index (χ3n) is 2.67. The van der Waals surface area contributed by atoms with Crippen molar-refractivity contribution >= 4 is 17.5 Å². The summed E-state index contributed by atoms with van der Waals surface area (Å²) in [5.74, 6) is -2.04. The predicted octanol–water partition coefficient (Wildman–Crippen LogP) is 3.43. The minimum Gasteiger partial charge on any atom is -0.492 e. The number of rotatable bonds is 5. The van der Waals surface area contributed by atoms with E-state index >= 15 is 0 Å². The Labute approximate surface area is 125 Å². The number of ether oxygens (including phenoxy) is 1. The molecule has 2 aromatic carbocycles. The number of nitrogens with one attached hydrogen (secondary N) is 1. The SMILES string of the molecule is O=C(NCCOc1ccc(F)c(F)c1)c1ccccc1Cl. The molecule has 6 heteroatoms. The first-order chi connectivity index (χ1) is 10.1. The summed E-state index contributed by atoms with van der Waals surface area (Å²) in [5.41, 5.74) is 0.368. The number of carbonyl (C=O) groups excluding carboxylic acids is 1. The number of benzene rings is 2. The molecule has 0 unspecified atom stereocenters. The molecule has 0 saturated carbocycles. The largest absolute Gasteiger partial charge is 0.492 e. The van der Waals surface area contributed by atoms with E-state index in [2.05, 4.69) is 5.32 Å². The van der Waals surface area contributed by atoms with Crippen LogP contribution >= 0.6 is 11.6 Å². The summed E-state index contributed by atoms with van der Waals surface area (Å²) >= 11 is 5.89. The molecule has 0 heterocycles. The maximum Gasteiger partial charge on any atom is 0.252 e. The van der Waals surface area contributed by atoms with E-state index in [1.54, 1.807) is 24.3 Å². The van der Waals surface area contributed by atoms with Gasteiger partial charge < -0.3 is 10.1 Å². The summed E-state index contributed by atoms with van der Waals surface area (Å²) in [6, 6.07) is 9.90. The van der Waals surface area contributed by atoms with Crippen molar-refractivity contribution in [3.8, 4) is 5.75 Å². The van der Waals surface area contributed by atoms with Crippen LogP contribution < -0.4 is 10.1 Å². The van der Waals surface area contributed by atoms with Crippen molar-refractivity contribution in [2.45, 2.75) is 0 Å². The van der Waals surface area contributed by atoms with E-state index in [4.69, 9.17) is 16.3 Å². The van der Waals surface area contributed by atoms with Crippen LogP contribution in [-0.4, -0.2) is 19.1 Å². The van der Waals surface area contributed by atoms with E-state index in [1.807, 2.05) is 0 Å². The van der Waals surface area contributed by atoms with Gasteiger partial charge in [-0.2, -0.15) is 0 Å². The van der Waals surface area contributed by atoms with Gasteiger partial charge in [-0.3, -0.25) is 4.79 Å². The van der Waals surface area contributed by atoms with Crippen molar-refractivity contribution in [1.29, 1.82) is 0 Å². The summed E-state index contributed by atoms with van der Waals surface area (Å²) in [7, 11) is 0. The van der Waals surface area contributed by atoms with Crippen molar-refractivity contribution in [2.24, 2.45) is 0 Å². The fraction of sp³-hybridized carbons (Fsp3) is 0.133.